The van der Waals surface area contributed by atoms with Crippen molar-refractivity contribution in [3.63, 3.8) is 0 Å². The molecule has 0 unspecified atom stereocenters. The molecule has 5 nitrogen and oxygen atoms in total. The van der Waals surface area contributed by atoms with Gasteiger partial charge in [0.1, 0.15) is 18.1 Å². The Labute approximate surface area is 123 Å². The molecule has 2 aromatic carbocycles. The first kappa shape index (κ1) is 13.4. The third-order valence-electron chi connectivity index (χ3n) is 3.13. The molecule has 0 radical (unpaired) electrons. The van der Waals surface area contributed by atoms with Gasteiger partial charge in [0.25, 0.3) is 0 Å². The maximum absolute atomic E-state index is 5.65. The number of hydrogen-bond donors (Lipinski definition) is 1. The van der Waals surface area contributed by atoms with Crippen LogP contribution in [-0.4, -0.2) is 27.1 Å². The van der Waals surface area contributed by atoms with Crippen LogP contribution in [0.5, 0.6) is 23.0 Å². The lowest BCUT2D eigenvalue weighted by atomic mass is 10.3. The maximum atomic E-state index is 5.65. The molecule has 0 spiro atoms. The van der Waals surface area contributed by atoms with E-state index >= 15 is 0 Å². The third kappa shape index (κ3) is 3.31. The highest BCUT2D eigenvalue weighted by Gasteiger charge is 2.12. The molecule has 3 rings (SSSR count). The summed E-state index contributed by atoms with van der Waals surface area (Å²) in [4.78, 5) is 0. The predicted octanol–water partition coefficient (Wildman–Crippen LogP) is 2.91. The van der Waals surface area contributed by atoms with Crippen LogP contribution in [0.3, 0.4) is 0 Å². The van der Waals surface area contributed by atoms with Gasteiger partial charge in [-0.2, -0.15) is 0 Å². The van der Waals surface area contributed by atoms with Gasteiger partial charge >= 0.3 is 0 Å². The topological polar surface area (TPSA) is 49.0 Å². The molecule has 0 atom stereocenters. The van der Waals surface area contributed by atoms with Gasteiger partial charge in [0.15, 0.2) is 11.5 Å². The molecule has 21 heavy (non-hydrogen) atoms. The lowest BCUT2D eigenvalue weighted by Gasteiger charge is -2.09. The van der Waals surface area contributed by atoms with E-state index in [1.807, 2.05) is 42.5 Å². The average Bonchev–Trinajstić information content (AvgIpc) is 3.00. The van der Waals surface area contributed by atoms with Crippen LogP contribution in [-0.2, 0) is 0 Å². The molecule has 0 aliphatic carbocycles. The fourth-order valence-electron chi connectivity index (χ4n) is 2.04. The number of nitrogens with one attached hydrogen (secondary N) is 1. The van der Waals surface area contributed by atoms with E-state index in [9.17, 15) is 0 Å². The molecule has 0 fully saturated rings. The van der Waals surface area contributed by atoms with Crippen molar-refractivity contribution in [3.05, 3.63) is 42.5 Å². The molecule has 1 N–H and O–H groups in total. The van der Waals surface area contributed by atoms with Gasteiger partial charge in [0.05, 0.1) is 7.11 Å². The molecule has 2 aromatic rings. The van der Waals surface area contributed by atoms with Gasteiger partial charge in [0, 0.05) is 18.3 Å². The molecule has 0 amide bonds. The smallest absolute Gasteiger partial charge is 0.231 e. The Morgan fingerprint density at radius 1 is 1.00 bits per heavy atom. The zero-order valence-electron chi connectivity index (χ0n) is 11.8. The van der Waals surface area contributed by atoms with Crippen molar-refractivity contribution < 1.29 is 18.9 Å². The summed E-state index contributed by atoms with van der Waals surface area (Å²) in [6.07, 6.45) is 0. The molecule has 0 aromatic heterocycles. The van der Waals surface area contributed by atoms with Crippen molar-refractivity contribution in [1.82, 2.24) is 0 Å². The molecule has 1 aliphatic heterocycles. The minimum Gasteiger partial charge on any atom is -0.497 e. The van der Waals surface area contributed by atoms with Gasteiger partial charge in [-0.15, -0.1) is 0 Å². The quantitative estimate of drug-likeness (QED) is 0.828. The van der Waals surface area contributed by atoms with E-state index in [0.717, 1.165) is 28.7 Å². The van der Waals surface area contributed by atoms with Crippen LogP contribution in [0, 0.1) is 0 Å². The molecule has 0 saturated carbocycles. The van der Waals surface area contributed by atoms with Crippen LogP contribution < -0.4 is 24.3 Å². The first-order valence-corrected chi connectivity index (χ1v) is 6.75. The summed E-state index contributed by atoms with van der Waals surface area (Å²) in [7, 11) is 1.64. The highest BCUT2D eigenvalue weighted by Crippen LogP contribution is 2.34. The highest BCUT2D eigenvalue weighted by atomic mass is 16.7. The Kier molecular flexibility index (Phi) is 4.00. The average molecular weight is 287 g/mol. The molecule has 1 heterocycles. The number of methoxy groups -OCH3 is 1. The van der Waals surface area contributed by atoms with Crippen molar-refractivity contribution in [1.29, 1.82) is 0 Å². The summed E-state index contributed by atoms with van der Waals surface area (Å²) >= 11 is 0. The van der Waals surface area contributed by atoms with E-state index < -0.39 is 0 Å². The van der Waals surface area contributed by atoms with Gasteiger partial charge < -0.3 is 24.3 Å². The van der Waals surface area contributed by atoms with E-state index in [1.165, 1.54) is 0 Å². The lowest BCUT2D eigenvalue weighted by molar-refractivity contribution is 0.174. The highest BCUT2D eigenvalue weighted by molar-refractivity contribution is 5.55. The van der Waals surface area contributed by atoms with Gasteiger partial charge in [-0.1, -0.05) is 0 Å². The second-order valence-corrected chi connectivity index (χ2v) is 4.52. The van der Waals surface area contributed by atoms with Crippen molar-refractivity contribution in [2.75, 3.05) is 32.4 Å². The van der Waals surface area contributed by atoms with Gasteiger partial charge in [-0.3, -0.25) is 0 Å². The zero-order chi connectivity index (χ0) is 14.5. The molecular weight excluding hydrogens is 270 g/mol. The van der Waals surface area contributed by atoms with Crippen LogP contribution in [0.4, 0.5) is 5.69 Å². The summed E-state index contributed by atoms with van der Waals surface area (Å²) in [5.41, 5.74) is 0.984. The molecule has 110 valence electrons. The Morgan fingerprint density at radius 2 is 1.76 bits per heavy atom. The van der Waals surface area contributed by atoms with Gasteiger partial charge in [0.2, 0.25) is 6.79 Å². The SMILES string of the molecule is COc1ccc(OCCNc2ccc3c(c2)OCO3)cc1. The monoisotopic (exact) mass is 287 g/mol. The van der Waals surface area contributed by atoms with Crippen molar-refractivity contribution in [2.45, 2.75) is 0 Å². The van der Waals surface area contributed by atoms with Crippen molar-refractivity contribution >= 4 is 5.69 Å². The van der Waals surface area contributed by atoms with Crippen LogP contribution in [0.2, 0.25) is 0 Å². The van der Waals surface area contributed by atoms with Crippen LogP contribution in [0.1, 0.15) is 0 Å². The fraction of sp³-hybridized carbons (Fsp3) is 0.250. The number of benzene rings is 2. The van der Waals surface area contributed by atoms with E-state index in [0.29, 0.717) is 19.9 Å². The molecule has 0 saturated heterocycles. The summed E-state index contributed by atoms with van der Waals surface area (Å²) < 4.78 is 21.3. The van der Waals surface area contributed by atoms with Gasteiger partial charge in [-0.05, 0) is 36.4 Å². The number of anilines is 1. The van der Waals surface area contributed by atoms with Crippen LogP contribution >= 0.6 is 0 Å². The Morgan fingerprint density at radius 3 is 2.57 bits per heavy atom. The van der Waals surface area contributed by atoms with Crippen LogP contribution in [0.25, 0.3) is 0 Å². The zero-order valence-corrected chi connectivity index (χ0v) is 11.8. The van der Waals surface area contributed by atoms with Gasteiger partial charge in [-0.25, -0.2) is 0 Å². The number of fused-ring (bicyclic) bond motifs is 1. The number of rotatable bonds is 6. The molecular formula is C16H17NO4. The van der Waals surface area contributed by atoms with E-state index in [4.69, 9.17) is 18.9 Å². The van der Waals surface area contributed by atoms with E-state index in [2.05, 4.69) is 5.32 Å². The number of hydrogen-bond acceptors (Lipinski definition) is 5. The van der Waals surface area contributed by atoms with Crippen LogP contribution in [0.15, 0.2) is 42.5 Å². The standard InChI is InChI=1S/C16H17NO4/c1-18-13-3-5-14(6-4-13)19-9-8-17-12-2-7-15-16(10-12)21-11-20-15/h2-7,10,17H,8-9,11H2,1H3. The molecule has 1 aliphatic rings. The maximum Gasteiger partial charge on any atom is 0.231 e. The first-order chi connectivity index (χ1) is 10.3. The van der Waals surface area contributed by atoms with Crippen molar-refractivity contribution in [3.8, 4) is 23.0 Å². The second kappa shape index (κ2) is 6.26. The normalized spacial score (nSPS) is 12.0. The summed E-state index contributed by atoms with van der Waals surface area (Å²) in [5, 5.41) is 3.28. The lowest BCUT2D eigenvalue weighted by Crippen LogP contribution is -2.11. The summed E-state index contributed by atoms with van der Waals surface area (Å²) in [6.45, 7) is 1.56. The largest absolute Gasteiger partial charge is 0.497 e. The third-order valence-corrected chi connectivity index (χ3v) is 3.13. The Hall–Kier alpha value is -2.56. The first-order valence-electron chi connectivity index (χ1n) is 6.75. The minimum absolute atomic E-state index is 0.291. The summed E-state index contributed by atoms with van der Waals surface area (Å²) in [5.74, 6) is 3.20. The fourth-order valence-corrected chi connectivity index (χ4v) is 2.04. The Bertz CT molecular complexity index is 598. The van der Waals surface area contributed by atoms with E-state index in [-0.39, 0.29) is 0 Å². The predicted molar refractivity (Wildman–Crippen MR) is 79.5 cm³/mol. The number of ether oxygens (including phenoxy) is 4. The minimum atomic E-state index is 0.291. The summed E-state index contributed by atoms with van der Waals surface area (Å²) in [6, 6.07) is 13.3. The molecule has 5 heteroatoms. The van der Waals surface area contributed by atoms with Crippen molar-refractivity contribution in [2.24, 2.45) is 0 Å². The second-order valence-electron chi connectivity index (χ2n) is 4.52. The molecule has 0 bridgehead atoms. The van der Waals surface area contributed by atoms with E-state index in [1.54, 1.807) is 7.11 Å². The Balaban J connectivity index is 1.45.